The molecule has 0 radical (unpaired) electrons. The van der Waals surface area contributed by atoms with Crippen LogP contribution in [0.15, 0.2) is 60.8 Å². The summed E-state index contributed by atoms with van der Waals surface area (Å²) in [6.45, 7) is 3.59. The lowest BCUT2D eigenvalue weighted by atomic mass is 10.1. The minimum atomic E-state index is -4.38. The zero-order valence-corrected chi connectivity index (χ0v) is 36.5. The SMILES string of the molecule is CC/C=C\C/C=C\C/C=C\C/C=C\CCCCCCCCCCC(=O)OC(COC(=O)CCCCCCC/C=C\CCCCCCC)COP(=O)(O)OCCN. The Balaban J connectivity index is 4.15. The molecule has 56 heavy (non-hydrogen) atoms. The Morgan fingerprint density at radius 2 is 0.982 bits per heavy atom. The number of carbonyl (C=O) groups is 2. The highest BCUT2D eigenvalue weighted by Crippen LogP contribution is 2.43. The molecule has 0 spiro atoms. The summed E-state index contributed by atoms with van der Waals surface area (Å²) >= 11 is 0. The number of hydrogen-bond donors (Lipinski definition) is 2. The van der Waals surface area contributed by atoms with E-state index in [1.54, 1.807) is 0 Å². The van der Waals surface area contributed by atoms with Gasteiger partial charge in [0.2, 0.25) is 0 Å². The summed E-state index contributed by atoms with van der Waals surface area (Å²) < 4.78 is 32.8. The number of unbranched alkanes of at least 4 members (excludes halogenated alkanes) is 18. The first-order valence-corrected chi connectivity index (χ1v) is 23.8. The normalized spacial score (nSPS) is 13.9. The van der Waals surface area contributed by atoms with Crippen LogP contribution in [0.5, 0.6) is 0 Å². The van der Waals surface area contributed by atoms with E-state index in [1.165, 1.54) is 64.2 Å². The van der Waals surface area contributed by atoms with Crippen molar-refractivity contribution >= 4 is 19.8 Å². The zero-order valence-electron chi connectivity index (χ0n) is 35.6. The van der Waals surface area contributed by atoms with Crippen molar-refractivity contribution in [3.05, 3.63) is 60.8 Å². The molecule has 324 valence electrons. The highest BCUT2D eigenvalue weighted by molar-refractivity contribution is 7.47. The molecule has 3 N–H and O–H groups in total. The molecule has 0 bridgehead atoms. The second kappa shape index (κ2) is 42.3. The first kappa shape index (κ1) is 53.7. The maximum atomic E-state index is 12.6. The predicted molar refractivity (Wildman–Crippen MR) is 233 cm³/mol. The van der Waals surface area contributed by atoms with E-state index in [4.69, 9.17) is 24.3 Å². The minimum Gasteiger partial charge on any atom is -0.462 e. The first-order chi connectivity index (χ1) is 27.3. The first-order valence-electron chi connectivity index (χ1n) is 22.3. The lowest BCUT2D eigenvalue weighted by molar-refractivity contribution is -0.161. The molecule has 0 aromatic heterocycles. The number of hydrogen-bond acceptors (Lipinski definition) is 8. The highest BCUT2D eigenvalue weighted by Gasteiger charge is 2.26. The van der Waals surface area contributed by atoms with Gasteiger partial charge >= 0.3 is 19.8 Å². The Kier molecular flexibility index (Phi) is 40.6. The van der Waals surface area contributed by atoms with E-state index in [9.17, 15) is 19.0 Å². The topological polar surface area (TPSA) is 134 Å². The van der Waals surface area contributed by atoms with Gasteiger partial charge in [-0.25, -0.2) is 4.57 Å². The molecule has 2 atom stereocenters. The molecule has 0 aliphatic carbocycles. The van der Waals surface area contributed by atoms with Crippen LogP contribution >= 0.6 is 7.82 Å². The van der Waals surface area contributed by atoms with Gasteiger partial charge in [-0.15, -0.1) is 0 Å². The highest BCUT2D eigenvalue weighted by atomic mass is 31.2. The molecule has 0 amide bonds. The van der Waals surface area contributed by atoms with Crippen molar-refractivity contribution in [3.8, 4) is 0 Å². The van der Waals surface area contributed by atoms with Gasteiger partial charge in [-0.1, -0.05) is 158 Å². The third-order valence-corrected chi connectivity index (χ3v) is 10.1. The molecule has 0 aliphatic rings. The van der Waals surface area contributed by atoms with Crippen molar-refractivity contribution < 1.29 is 37.6 Å². The summed E-state index contributed by atoms with van der Waals surface area (Å²) in [5.74, 6) is -0.850. The van der Waals surface area contributed by atoms with Crippen LogP contribution < -0.4 is 5.73 Å². The lowest BCUT2D eigenvalue weighted by Crippen LogP contribution is -2.29. The quantitative estimate of drug-likeness (QED) is 0.0268. The molecule has 0 rings (SSSR count). The molecule has 0 fully saturated rings. The molecule has 9 nitrogen and oxygen atoms in total. The molecule has 10 heteroatoms. The number of phosphoric ester groups is 1. The van der Waals surface area contributed by atoms with Crippen LogP contribution in [0, 0.1) is 0 Å². The van der Waals surface area contributed by atoms with Crippen LogP contribution in [-0.2, 0) is 32.7 Å². The maximum Gasteiger partial charge on any atom is 0.472 e. The van der Waals surface area contributed by atoms with Gasteiger partial charge in [0, 0.05) is 19.4 Å². The van der Waals surface area contributed by atoms with Crippen LogP contribution in [0.25, 0.3) is 0 Å². The molecule has 0 saturated carbocycles. The third-order valence-electron chi connectivity index (χ3n) is 9.14. The molecule has 0 aliphatic heterocycles. The number of ether oxygens (including phenoxy) is 2. The van der Waals surface area contributed by atoms with Crippen molar-refractivity contribution in [2.75, 3.05) is 26.4 Å². The summed E-state index contributed by atoms with van der Waals surface area (Å²) in [6, 6.07) is 0. The summed E-state index contributed by atoms with van der Waals surface area (Å²) in [4.78, 5) is 34.9. The van der Waals surface area contributed by atoms with Gasteiger partial charge in [0.15, 0.2) is 6.10 Å². The molecule has 0 aromatic carbocycles. The smallest absolute Gasteiger partial charge is 0.462 e. The van der Waals surface area contributed by atoms with Gasteiger partial charge in [0.25, 0.3) is 0 Å². The van der Waals surface area contributed by atoms with E-state index in [-0.39, 0.29) is 32.6 Å². The van der Waals surface area contributed by atoms with Crippen LogP contribution in [0.1, 0.15) is 187 Å². The van der Waals surface area contributed by atoms with Gasteiger partial charge in [-0.3, -0.25) is 18.6 Å². The predicted octanol–water partition coefficient (Wildman–Crippen LogP) is 12.9. The third kappa shape index (κ3) is 41.3. The number of allylic oxidation sites excluding steroid dienone is 10. The van der Waals surface area contributed by atoms with E-state index in [0.29, 0.717) is 6.42 Å². The van der Waals surface area contributed by atoms with E-state index < -0.39 is 32.5 Å². The van der Waals surface area contributed by atoms with Gasteiger partial charge in [-0.05, 0) is 77.0 Å². The van der Waals surface area contributed by atoms with E-state index in [2.05, 4.69) is 74.6 Å². The van der Waals surface area contributed by atoms with Gasteiger partial charge in [0.05, 0.1) is 13.2 Å². The van der Waals surface area contributed by atoms with Crippen LogP contribution in [0.2, 0.25) is 0 Å². The van der Waals surface area contributed by atoms with E-state index in [1.807, 2.05) is 0 Å². The largest absolute Gasteiger partial charge is 0.472 e. The van der Waals surface area contributed by atoms with Crippen molar-refractivity contribution in [2.24, 2.45) is 5.73 Å². The fourth-order valence-electron chi connectivity index (χ4n) is 5.85. The molecule has 0 heterocycles. The fourth-order valence-corrected chi connectivity index (χ4v) is 6.62. The lowest BCUT2D eigenvalue weighted by Gasteiger charge is -2.19. The van der Waals surface area contributed by atoms with Crippen LogP contribution in [0.4, 0.5) is 0 Å². The summed E-state index contributed by atoms with van der Waals surface area (Å²) in [6.07, 6.45) is 49.6. The summed E-state index contributed by atoms with van der Waals surface area (Å²) in [7, 11) is -4.38. The Hall–Kier alpha value is -2.29. The van der Waals surface area contributed by atoms with Crippen molar-refractivity contribution in [2.45, 2.75) is 193 Å². The molecule has 0 saturated heterocycles. The number of nitrogens with two attached hydrogens (primary N) is 1. The molecular formula is C46H82NO8P. The second-order valence-electron chi connectivity index (χ2n) is 14.5. The van der Waals surface area contributed by atoms with Crippen LogP contribution in [0.3, 0.4) is 0 Å². The monoisotopic (exact) mass is 808 g/mol. The van der Waals surface area contributed by atoms with E-state index >= 15 is 0 Å². The summed E-state index contributed by atoms with van der Waals surface area (Å²) in [5, 5.41) is 0. The average Bonchev–Trinajstić information content (AvgIpc) is 3.18. The van der Waals surface area contributed by atoms with Crippen molar-refractivity contribution in [1.82, 2.24) is 0 Å². The van der Waals surface area contributed by atoms with Crippen molar-refractivity contribution in [3.63, 3.8) is 0 Å². The Morgan fingerprint density at radius 1 is 0.554 bits per heavy atom. The molecule has 0 aromatic rings. The fraction of sp³-hybridized carbons (Fsp3) is 0.739. The van der Waals surface area contributed by atoms with Gasteiger partial charge in [-0.2, -0.15) is 0 Å². The minimum absolute atomic E-state index is 0.0485. The van der Waals surface area contributed by atoms with Gasteiger partial charge < -0.3 is 20.1 Å². The molecule has 2 unspecified atom stereocenters. The Labute approximate surface area is 342 Å². The number of carbonyl (C=O) groups excluding carboxylic acids is 2. The van der Waals surface area contributed by atoms with Crippen molar-refractivity contribution in [1.29, 1.82) is 0 Å². The maximum absolute atomic E-state index is 12.6. The second-order valence-corrected chi connectivity index (χ2v) is 16.0. The Bertz CT molecular complexity index is 1100. The average molecular weight is 808 g/mol. The standard InChI is InChI=1S/C46H82NO8P/c1-3-5-7-9-11-13-15-17-19-20-21-22-23-24-25-27-29-31-33-35-37-39-46(49)55-44(43-54-56(50,51)53-41-40-47)42-52-45(48)38-36-34-32-30-28-26-18-16-14-12-10-8-6-4-2/h5,7,11,13,16-19,21-22,44H,3-4,6,8-10,12,14-15,20,23-43,47H2,1-2H3,(H,50,51)/b7-5-,13-11-,18-16-,19-17-,22-21-. The van der Waals surface area contributed by atoms with E-state index in [0.717, 1.165) is 89.9 Å². The summed E-state index contributed by atoms with van der Waals surface area (Å²) in [5.41, 5.74) is 5.35. The number of phosphoric acid groups is 1. The van der Waals surface area contributed by atoms with Gasteiger partial charge in [0.1, 0.15) is 6.61 Å². The van der Waals surface area contributed by atoms with Crippen LogP contribution in [-0.4, -0.2) is 49.3 Å². The number of rotatable bonds is 41. The zero-order chi connectivity index (χ0) is 41.1. The number of esters is 2. The molecular weight excluding hydrogens is 725 g/mol. The Morgan fingerprint density at radius 3 is 1.48 bits per heavy atom.